The molecule has 2 N–H and O–H groups in total. The Kier molecular flexibility index (Phi) is 4.66. The predicted molar refractivity (Wildman–Crippen MR) is 84.5 cm³/mol. The average Bonchev–Trinajstić information content (AvgIpc) is 2.81. The van der Waals surface area contributed by atoms with Crippen LogP contribution in [0.1, 0.15) is 23.7 Å². The number of hydrogen-bond donors (Lipinski definition) is 1. The summed E-state index contributed by atoms with van der Waals surface area (Å²) in [5.74, 6) is 0.544. The Labute approximate surface area is 129 Å². The number of benzene rings is 1. The van der Waals surface area contributed by atoms with Crippen LogP contribution in [-0.4, -0.2) is 29.9 Å². The molecule has 0 radical (unpaired) electrons. The van der Waals surface area contributed by atoms with E-state index in [-0.39, 0.29) is 11.9 Å². The van der Waals surface area contributed by atoms with Gasteiger partial charge in [0.25, 0.3) is 5.91 Å². The third-order valence-corrected chi connectivity index (χ3v) is 4.85. The van der Waals surface area contributed by atoms with Gasteiger partial charge >= 0.3 is 0 Å². The molecule has 2 rings (SSSR count). The lowest BCUT2D eigenvalue weighted by molar-refractivity contribution is 0.0785. The second-order valence-electron chi connectivity index (χ2n) is 4.78. The maximum atomic E-state index is 12.4. The standard InChI is InChI=1S/C13H16BrIN2O/c1-8(16)9-4-5-17(7-9)13(18)11-6-10(14)2-3-12(11)15/h2-3,6,8-9H,4-5,7,16H2,1H3. The normalized spacial score (nSPS) is 21.1. The predicted octanol–water partition coefficient (Wildman–Crippen LogP) is 2.86. The second-order valence-corrected chi connectivity index (χ2v) is 6.86. The molecule has 0 aliphatic carbocycles. The zero-order chi connectivity index (χ0) is 13.3. The molecule has 0 aromatic heterocycles. The van der Waals surface area contributed by atoms with Crippen molar-refractivity contribution in [1.29, 1.82) is 0 Å². The molecule has 1 heterocycles. The van der Waals surface area contributed by atoms with Gasteiger partial charge in [0.05, 0.1) is 5.56 Å². The van der Waals surface area contributed by atoms with E-state index in [0.29, 0.717) is 5.92 Å². The minimum absolute atomic E-state index is 0.115. The molecular weight excluding hydrogens is 407 g/mol. The molecule has 0 bridgehead atoms. The van der Waals surface area contributed by atoms with E-state index in [1.54, 1.807) is 0 Å². The zero-order valence-corrected chi connectivity index (χ0v) is 13.9. The van der Waals surface area contributed by atoms with Gasteiger partial charge in [-0.25, -0.2) is 0 Å². The SMILES string of the molecule is CC(N)C1CCN(C(=O)c2cc(Br)ccc2I)C1. The van der Waals surface area contributed by atoms with Gasteiger partial charge in [-0.05, 0) is 60.1 Å². The number of carbonyl (C=O) groups excluding carboxylic acids is 1. The Hall–Kier alpha value is -0.140. The Morgan fingerprint density at radius 1 is 1.61 bits per heavy atom. The summed E-state index contributed by atoms with van der Waals surface area (Å²) in [5, 5.41) is 0. The fraction of sp³-hybridized carbons (Fsp3) is 0.462. The molecule has 2 unspecified atom stereocenters. The molecule has 2 atom stereocenters. The van der Waals surface area contributed by atoms with E-state index < -0.39 is 0 Å². The van der Waals surface area contributed by atoms with Crippen molar-refractivity contribution in [2.75, 3.05) is 13.1 Å². The first-order chi connectivity index (χ1) is 8.49. The number of halogens is 2. The quantitative estimate of drug-likeness (QED) is 0.745. The van der Waals surface area contributed by atoms with Crippen molar-refractivity contribution >= 4 is 44.4 Å². The maximum absolute atomic E-state index is 12.4. The lowest BCUT2D eigenvalue weighted by Crippen LogP contribution is -2.33. The zero-order valence-electron chi connectivity index (χ0n) is 10.2. The Morgan fingerprint density at radius 3 is 2.94 bits per heavy atom. The van der Waals surface area contributed by atoms with Crippen molar-refractivity contribution in [3.05, 3.63) is 31.8 Å². The smallest absolute Gasteiger partial charge is 0.254 e. The number of hydrogen-bond acceptors (Lipinski definition) is 2. The van der Waals surface area contributed by atoms with Gasteiger partial charge in [0, 0.05) is 27.2 Å². The lowest BCUT2D eigenvalue weighted by Gasteiger charge is -2.19. The number of amides is 1. The number of carbonyl (C=O) groups is 1. The van der Waals surface area contributed by atoms with Gasteiger partial charge in [0.15, 0.2) is 0 Å². The van der Waals surface area contributed by atoms with E-state index in [1.807, 2.05) is 30.0 Å². The Balaban J connectivity index is 2.15. The number of likely N-dealkylation sites (tertiary alicyclic amines) is 1. The first-order valence-corrected chi connectivity index (χ1v) is 7.86. The Morgan fingerprint density at radius 2 is 2.33 bits per heavy atom. The van der Waals surface area contributed by atoms with Crippen LogP contribution in [0, 0.1) is 9.49 Å². The van der Waals surface area contributed by atoms with E-state index in [9.17, 15) is 4.79 Å². The van der Waals surface area contributed by atoms with Gasteiger partial charge in [-0.3, -0.25) is 4.79 Å². The highest BCUT2D eigenvalue weighted by molar-refractivity contribution is 14.1. The van der Waals surface area contributed by atoms with Gasteiger partial charge in [0.1, 0.15) is 0 Å². The van der Waals surface area contributed by atoms with Crippen LogP contribution < -0.4 is 5.73 Å². The van der Waals surface area contributed by atoms with Crippen LogP contribution in [0.15, 0.2) is 22.7 Å². The van der Waals surface area contributed by atoms with Gasteiger partial charge in [-0.2, -0.15) is 0 Å². The van der Waals surface area contributed by atoms with Crippen LogP contribution in [0.2, 0.25) is 0 Å². The highest BCUT2D eigenvalue weighted by Crippen LogP contribution is 2.24. The third-order valence-electron chi connectivity index (χ3n) is 3.41. The molecule has 1 aromatic rings. The van der Waals surface area contributed by atoms with E-state index in [2.05, 4.69) is 38.5 Å². The van der Waals surface area contributed by atoms with Crippen molar-refractivity contribution in [3.8, 4) is 0 Å². The second kappa shape index (κ2) is 5.88. The summed E-state index contributed by atoms with van der Waals surface area (Å²) in [6.07, 6.45) is 1.01. The molecule has 5 heteroatoms. The van der Waals surface area contributed by atoms with Gasteiger partial charge in [0.2, 0.25) is 0 Å². The van der Waals surface area contributed by atoms with Crippen LogP contribution in [0.25, 0.3) is 0 Å². The first-order valence-electron chi connectivity index (χ1n) is 5.99. The summed E-state index contributed by atoms with van der Waals surface area (Å²) in [5.41, 5.74) is 6.68. The number of rotatable bonds is 2. The van der Waals surface area contributed by atoms with Gasteiger partial charge in [-0.1, -0.05) is 15.9 Å². The molecule has 3 nitrogen and oxygen atoms in total. The van der Waals surface area contributed by atoms with Crippen molar-refractivity contribution in [2.24, 2.45) is 11.7 Å². The van der Waals surface area contributed by atoms with Gasteiger partial charge in [-0.15, -0.1) is 0 Å². The topological polar surface area (TPSA) is 46.3 Å². The van der Waals surface area contributed by atoms with Crippen LogP contribution >= 0.6 is 38.5 Å². The third kappa shape index (κ3) is 3.05. The van der Waals surface area contributed by atoms with E-state index in [1.165, 1.54) is 0 Å². The summed E-state index contributed by atoms with van der Waals surface area (Å²) < 4.78 is 1.93. The fourth-order valence-corrected chi connectivity index (χ4v) is 3.16. The Bertz CT molecular complexity index is 464. The summed E-state index contributed by atoms with van der Waals surface area (Å²) in [7, 11) is 0. The largest absolute Gasteiger partial charge is 0.338 e. The molecule has 1 amide bonds. The summed E-state index contributed by atoms with van der Waals surface area (Å²) in [6, 6.07) is 5.96. The maximum Gasteiger partial charge on any atom is 0.254 e. The summed E-state index contributed by atoms with van der Waals surface area (Å²) in [4.78, 5) is 14.4. The van der Waals surface area contributed by atoms with Crippen LogP contribution in [0.5, 0.6) is 0 Å². The molecule has 1 aliphatic heterocycles. The molecule has 0 saturated carbocycles. The molecule has 98 valence electrons. The highest BCUT2D eigenvalue weighted by atomic mass is 127. The van der Waals surface area contributed by atoms with E-state index in [4.69, 9.17) is 5.73 Å². The van der Waals surface area contributed by atoms with Crippen LogP contribution in [0.4, 0.5) is 0 Å². The monoisotopic (exact) mass is 422 g/mol. The molecule has 0 spiro atoms. The van der Waals surface area contributed by atoms with Crippen molar-refractivity contribution < 1.29 is 4.79 Å². The van der Waals surface area contributed by atoms with Gasteiger partial charge < -0.3 is 10.6 Å². The number of nitrogens with zero attached hydrogens (tertiary/aromatic N) is 1. The lowest BCUT2D eigenvalue weighted by atomic mass is 10.0. The van der Waals surface area contributed by atoms with Crippen molar-refractivity contribution in [1.82, 2.24) is 4.90 Å². The molecule has 1 aliphatic rings. The summed E-state index contributed by atoms with van der Waals surface area (Å²) >= 11 is 5.62. The molecule has 1 aromatic carbocycles. The van der Waals surface area contributed by atoms with Crippen molar-refractivity contribution in [3.63, 3.8) is 0 Å². The summed E-state index contributed by atoms with van der Waals surface area (Å²) in [6.45, 7) is 3.61. The van der Waals surface area contributed by atoms with E-state index in [0.717, 1.165) is 33.1 Å². The number of nitrogens with two attached hydrogens (primary N) is 1. The molecule has 1 fully saturated rings. The average molecular weight is 423 g/mol. The fourth-order valence-electron chi connectivity index (χ4n) is 2.23. The molecule has 1 saturated heterocycles. The van der Waals surface area contributed by atoms with Crippen LogP contribution in [-0.2, 0) is 0 Å². The first kappa shape index (κ1) is 14.3. The molecule has 18 heavy (non-hydrogen) atoms. The minimum Gasteiger partial charge on any atom is -0.338 e. The van der Waals surface area contributed by atoms with Crippen molar-refractivity contribution in [2.45, 2.75) is 19.4 Å². The minimum atomic E-state index is 0.115. The molecular formula is C13H16BrIN2O. The van der Waals surface area contributed by atoms with Crippen LogP contribution in [0.3, 0.4) is 0 Å². The van der Waals surface area contributed by atoms with E-state index >= 15 is 0 Å². The highest BCUT2D eigenvalue weighted by Gasteiger charge is 2.29.